The topological polar surface area (TPSA) is 54.5 Å². The van der Waals surface area contributed by atoms with E-state index in [1.165, 1.54) is 13.0 Å². The molecule has 20 heavy (non-hydrogen) atoms. The zero-order valence-electron chi connectivity index (χ0n) is 11.2. The standard InChI is InChI=1S/C13H15ClFNO3S/c1-8-3-4-16(7-8)13(17)10-5-9(2)12(15)11(6-10)20(14,18)19/h5-6,8H,3-4,7H2,1-2H3. The van der Waals surface area contributed by atoms with Crippen molar-refractivity contribution in [3.05, 3.63) is 29.1 Å². The number of likely N-dealkylation sites (tertiary alicyclic amines) is 1. The molecule has 1 atom stereocenters. The molecule has 0 bridgehead atoms. The number of rotatable bonds is 2. The Balaban J connectivity index is 2.43. The number of hydrogen-bond acceptors (Lipinski definition) is 3. The van der Waals surface area contributed by atoms with Crippen molar-refractivity contribution < 1.29 is 17.6 Å². The summed E-state index contributed by atoms with van der Waals surface area (Å²) in [6.45, 7) is 4.69. The highest BCUT2D eigenvalue weighted by Crippen LogP contribution is 2.25. The second-order valence-corrected chi connectivity index (χ2v) is 7.72. The molecule has 1 heterocycles. The van der Waals surface area contributed by atoms with Gasteiger partial charge in [-0.1, -0.05) is 6.92 Å². The van der Waals surface area contributed by atoms with E-state index in [9.17, 15) is 17.6 Å². The van der Waals surface area contributed by atoms with Crippen molar-refractivity contribution >= 4 is 25.6 Å². The zero-order chi connectivity index (χ0) is 15.1. The van der Waals surface area contributed by atoms with Crippen molar-refractivity contribution in [2.45, 2.75) is 25.2 Å². The van der Waals surface area contributed by atoms with Crippen LogP contribution < -0.4 is 0 Å². The van der Waals surface area contributed by atoms with Crippen LogP contribution >= 0.6 is 10.7 Å². The van der Waals surface area contributed by atoms with Gasteiger partial charge < -0.3 is 4.90 Å². The molecular weight excluding hydrogens is 305 g/mol. The first-order valence-electron chi connectivity index (χ1n) is 6.24. The van der Waals surface area contributed by atoms with E-state index >= 15 is 0 Å². The fraction of sp³-hybridized carbons (Fsp3) is 0.462. The molecule has 1 unspecified atom stereocenters. The van der Waals surface area contributed by atoms with Crippen LogP contribution in [0.5, 0.6) is 0 Å². The molecule has 1 amide bonds. The summed E-state index contributed by atoms with van der Waals surface area (Å²) in [5.41, 5.74) is 0.236. The van der Waals surface area contributed by atoms with E-state index in [2.05, 4.69) is 0 Å². The fourth-order valence-electron chi connectivity index (χ4n) is 2.34. The lowest BCUT2D eigenvalue weighted by Gasteiger charge is -2.17. The molecule has 110 valence electrons. The summed E-state index contributed by atoms with van der Waals surface area (Å²) >= 11 is 0. The maximum atomic E-state index is 13.8. The Morgan fingerprint density at radius 3 is 2.60 bits per heavy atom. The first-order valence-corrected chi connectivity index (χ1v) is 8.55. The Hall–Kier alpha value is -1.14. The number of carbonyl (C=O) groups excluding carboxylic acids is 1. The molecule has 0 aromatic heterocycles. The number of aryl methyl sites for hydroxylation is 1. The molecule has 1 aromatic carbocycles. The fourth-order valence-corrected chi connectivity index (χ4v) is 3.32. The van der Waals surface area contributed by atoms with Gasteiger partial charge in [-0.2, -0.15) is 0 Å². The van der Waals surface area contributed by atoms with Gasteiger partial charge in [-0.05, 0) is 37.0 Å². The van der Waals surface area contributed by atoms with E-state index in [-0.39, 0.29) is 17.0 Å². The molecule has 1 saturated heterocycles. The number of carbonyl (C=O) groups is 1. The molecule has 0 spiro atoms. The maximum Gasteiger partial charge on any atom is 0.264 e. The molecule has 0 saturated carbocycles. The van der Waals surface area contributed by atoms with E-state index in [0.717, 1.165) is 12.5 Å². The largest absolute Gasteiger partial charge is 0.338 e. The predicted molar refractivity (Wildman–Crippen MR) is 73.9 cm³/mol. The van der Waals surface area contributed by atoms with Gasteiger partial charge in [0, 0.05) is 29.3 Å². The van der Waals surface area contributed by atoms with Crippen LogP contribution in [0.25, 0.3) is 0 Å². The molecule has 1 aliphatic rings. The lowest BCUT2D eigenvalue weighted by Crippen LogP contribution is -2.28. The molecule has 1 fully saturated rings. The van der Waals surface area contributed by atoms with Gasteiger partial charge in [0.15, 0.2) is 0 Å². The molecule has 4 nitrogen and oxygen atoms in total. The first kappa shape index (κ1) is 15.3. The lowest BCUT2D eigenvalue weighted by molar-refractivity contribution is 0.0787. The van der Waals surface area contributed by atoms with Crippen molar-refractivity contribution in [1.29, 1.82) is 0 Å². The summed E-state index contributed by atoms with van der Waals surface area (Å²) in [6.07, 6.45) is 0.909. The van der Waals surface area contributed by atoms with Crippen LogP contribution in [-0.4, -0.2) is 32.3 Å². The highest BCUT2D eigenvalue weighted by molar-refractivity contribution is 8.13. The van der Waals surface area contributed by atoms with Crippen LogP contribution in [0.3, 0.4) is 0 Å². The number of halogens is 2. The molecule has 7 heteroatoms. The number of amides is 1. The summed E-state index contributed by atoms with van der Waals surface area (Å²) in [7, 11) is 0.983. The van der Waals surface area contributed by atoms with Crippen molar-refractivity contribution in [1.82, 2.24) is 4.90 Å². The molecule has 0 N–H and O–H groups in total. The zero-order valence-corrected chi connectivity index (χ0v) is 12.8. The second-order valence-electron chi connectivity index (χ2n) is 5.19. The van der Waals surface area contributed by atoms with Gasteiger partial charge in [0.2, 0.25) is 0 Å². The third-order valence-electron chi connectivity index (χ3n) is 3.44. The SMILES string of the molecule is Cc1cc(C(=O)N2CCC(C)C2)cc(S(=O)(=O)Cl)c1F. The van der Waals surface area contributed by atoms with Crippen LogP contribution in [0.2, 0.25) is 0 Å². The molecule has 1 aromatic rings. The summed E-state index contributed by atoms with van der Waals surface area (Å²) < 4.78 is 36.5. The Morgan fingerprint density at radius 2 is 2.10 bits per heavy atom. The van der Waals surface area contributed by atoms with Gasteiger partial charge >= 0.3 is 0 Å². The minimum Gasteiger partial charge on any atom is -0.338 e. The van der Waals surface area contributed by atoms with Crippen LogP contribution in [0.4, 0.5) is 4.39 Å². The van der Waals surface area contributed by atoms with Crippen LogP contribution in [0.15, 0.2) is 17.0 Å². The van der Waals surface area contributed by atoms with Crippen LogP contribution in [-0.2, 0) is 9.05 Å². The van der Waals surface area contributed by atoms with Crippen molar-refractivity contribution in [3.8, 4) is 0 Å². The lowest BCUT2D eigenvalue weighted by atomic mass is 10.1. The van der Waals surface area contributed by atoms with E-state index < -0.39 is 19.8 Å². The average molecular weight is 320 g/mol. The number of hydrogen-bond donors (Lipinski definition) is 0. The monoisotopic (exact) mass is 319 g/mol. The molecule has 0 aliphatic carbocycles. The highest BCUT2D eigenvalue weighted by Gasteiger charge is 2.27. The Bertz CT molecular complexity index is 660. The van der Waals surface area contributed by atoms with Crippen molar-refractivity contribution in [2.24, 2.45) is 5.92 Å². The Morgan fingerprint density at radius 1 is 1.45 bits per heavy atom. The predicted octanol–water partition coefficient (Wildman–Crippen LogP) is 2.54. The van der Waals surface area contributed by atoms with Gasteiger partial charge in [0.25, 0.3) is 15.0 Å². The molecule has 2 rings (SSSR count). The Kier molecular flexibility index (Phi) is 4.07. The highest BCUT2D eigenvalue weighted by atomic mass is 35.7. The smallest absolute Gasteiger partial charge is 0.264 e. The molecule has 1 aliphatic heterocycles. The average Bonchev–Trinajstić information content (AvgIpc) is 2.76. The third-order valence-corrected chi connectivity index (χ3v) is 4.76. The summed E-state index contributed by atoms with van der Waals surface area (Å²) in [6, 6.07) is 2.36. The minimum atomic E-state index is -4.22. The van der Waals surface area contributed by atoms with E-state index in [0.29, 0.717) is 19.0 Å². The van der Waals surface area contributed by atoms with Gasteiger partial charge in [0.05, 0.1) is 0 Å². The molecule has 0 radical (unpaired) electrons. The van der Waals surface area contributed by atoms with E-state index in [1.807, 2.05) is 6.92 Å². The maximum absolute atomic E-state index is 13.8. The van der Waals surface area contributed by atoms with Crippen LogP contribution in [0.1, 0.15) is 29.3 Å². The third kappa shape index (κ3) is 2.96. The normalized spacial score (nSPS) is 19.4. The number of nitrogens with zero attached hydrogens (tertiary/aromatic N) is 1. The van der Waals surface area contributed by atoms with Crippen molar-refractivity contribution in [2.75, 3.05) is 13.1 Å². The van der Waals surface area contributed by atoms with E-state index in [4.69, 9.17) is 10.7 Å². The number of benzene rings is 1. The summed E-state index contributed by atoms with van der Waals surface area (Å²) in [5, 5.41) is 0. The van der Waals surface area contributed by atoms with Gasteiger partial charge in [0.1, 0.15) is 10.7 Å². The molecular formula is C13H15ClFNO3S. The first-order chi connectivity index (χ1) is 9.20. The van der Waals surface area contributed by atoms with Gasteiger partial charge in [-0.25, -0.2) is 12.8 Å². The van der Waals surface area contributed by atoms with Gasteiger partial charge in [-0.3, -0.25) is 4.79 Å². The van der Waals surface area contributed by atoms with Crippen molar-refractivity contribution in [3.63, 3.8) is 0 Å². The second kappa shape index (κ2) is 5.33. The summed E-state index contributed by atoms with van der Waals surface area (Å²) in [4.78, 5) is 13.3. The quantitative estimate of drug-likeness (QED) is 0.787. The van der Waals surface area contributed by atoms with Gasteiger partial charge in [-0.15, -0.1) is 0 Å². The van der Waals surface area contributed by atoms with E-state index in [1.54, 1.807) is 4.90 Å². The minimum absolute atomic E-state index is 0.0855. The summed E-state index contributed by atoms with van der Waals surface area (Å²) in [5.74, 6) is -0.790. The van der Waals surface area contributed by atoms with Crippen LogP contribution in [0, 0.1) is 18.7 Å². The Labute approximate surface area is 121 Å².